The van der Waals surface area contributed by atoms with Gasteiger partial charge in [0.05, 0.1) is 5.69 Å². The van der Waals surface area contributed by atoms with Crippen molar-refractivity contribution in [2.24, 2.45) is 0 Å². The van der Waals surface area contributed by atoms with E-state index >= 15 is 0 Å². The molecule has 0 saturated heterocycles. The third kappa shape index (κ3) is 3.28. The molecule has 0 spiro atoms. The fourth-order valence-electron chi connectivity index (χ4n) is 1.74. The van der Waals surface area contributed by atoms with Crippen molar-refractivity contribution >= 4 is 44.1 Å². The molecule has 7 heteroatoms. The van der Waals surface area contributed by atoms with Crippen LogP contribution in [0, 0.1) is 16.3 Å². The number of anilines is 2. The highest BCUT2D eigenvalue weighted by Gasteiger charge is 2.19. The van der Waals surface area contributed by atoms with E-state index in [0.717, 1.165) is 21.3 Å². The zero-order valence-corrected chi connectivity index (χ0v) is 13.4. The summed E-state index contributed by atoms with van der Waals surface area (Å²) in [5, 5.41) is 2.73. The molecular formula is C13H11FINO3S. The van der Waals surface area contributed by atoms with Crippen molar-refractivity contribution in [1.29, 1.82) is 0 Å². The van der Waals surface area contributed by atoms with Crippen molar-refractivity contribution in [2.45, 2.75) is 11.8 Å². The second-order valence-electron chi connectivity index (χ2n) is 4.17. The number of aryl methyl sites for hydroxylation is 1. The van der Waals surface area contributed by atoms with Gasteiger partial charge in [0.1, 0.15) is 10.7 Å². The third-order valence-corrected chi connectivity index (χ3v) is 4.27. The monoisotopic (exact) mass is 407 g/mol. The van der Waals surface area contributed by atoms with Gasteiger partial charge >= 0.3 is 0 Å². The predicted octanol–water partition coefficient (Wildman–Crippen LogP) is 3.73. The van der Waals surface area contributed by atoms with E-state index < -0.39 is 20.8 Å². The lowest BCUT2D eigenvalue weighted by Gasteiger charge is -2.13. The normalized spacial score (nSPS) is 11.4. The summed E-state index contributed by atoms with van der Waals surface area (Å²) in [5.41, 5.74) is 1.14. The average Bonchev–Trinajstić information content (AvgIpc) is 2.33. The number of para-hydroxylation sites is 1. The predicted molar refractivity (Wildman–Crippen MR) is 83.4 cm³/mol. The van der Waals surface area contributed by atoms with Gasteiger partial charge in [-0.15, -0.1) is 0 Å². The van der Waals surface area contributed by atoms with Crippen LogP contribution in [0.1, 0.15) is 5.56 Å². The maximum atomic E-state index is 13.8. The van der Waals surface area contributed by atoms with Gasteiger partial charge in [-0.3, -0.25) is 4.55 Å². The van der Waals surface area contributed by atoms with Crippen molar-refractivity contribution in [2.75, 3.05) is 5.32 Å². The van der Waals surface area contributed by atoms with Crippen LogP contribution in [0.15, 0.2) is 41.3 Å². The summed E-state index contributed by atoms with van der Waals surface area (Å²) in [6.45, 7) is 1.82. The second kappa shape index (κ2) is 5.66. The smallest absolute Gasteiger partial charge is 0.296 e. The van der Waals surface area contributed by atoms with Crippen LogP contribution >= 0.6 is 22.6 Å². The van der Waals surface area contributed by atoms with E-state index in [2.05, 4.69) is 27.9 Å². The van der Waals surface area contributed by atoms with E-state index in [1.165, 1.54) is 6.07 Å². The molecule has 0 bridgehead atoms. The molecule has 4 nitrogen and oxygen atoms in total. The zero-order valence-electron chi connectivity index (χ0n) is 10.4. The summed E-state index contributed by atoms with van der Waals surface area (Å²) in [7, 11) is -4.50. The zero-order chi connectivity index (χ0) is 14.9. The van der Waals surface area contributed by atoms with Crippen molar-refractivity contribution in [3.05, 3.63) is 51.3 Å². The molecule has 0 aromatic heterocycles. The standard InChI is InChI=1S/C13H11FINO3S/c1-8-7-9(15)5-6-11(8)16-13-10(14)3-2-4-12(13)20(17,18)19/h2-7,16H,1H3,(H,17,18,19). The van der Waals surface area contributed by atoms with Crippen molar-refractivity contribution in [1.82, 2.24) is 0 Å². The van der Waals surface area contributed by atoms with Crippen molar-refractivity contribution < 1.29 is 17.4 Å². The Hall–Kier alpha value is -1.19. The number of halogens is 2. The number of nitrogens with one attached hydrogen (secondary N) is 1. The highest BCUT2D eigenvalue weighted by molar-refractivity contribution is 14.1. The minimum Gasteiger partial charge on any atom is -0.352 e. The van der Waals surface area contributed by atoms with Crippen LogP contribution in [0.4, 0.5) is 15.8 Å². The maximum absolute atomic E-state index is 13.8. The Morgan fingerprint density at radius 1 is 1.25 bits per heavy atom. The molecule has 0 aliphatic heterocycles. The first kappa shape index (κ1) is 15.2. The average molecular weight is 407 g/mol. The summed E-state index contributed by atoms with van der Waals surface area (Å²) in [5.74, 6) is -0.752. The molecule has 0 heterocycles. The molecule has 0 aliphatic rings. The van der Waals surface area contributed by atoms with Gasteiger partial charge in [0.25, 0.3) is 10.1 Å². The molecule has 2 N–H and O–H groups in total. The Balaban J connectivity index is 2.54. The first-order chi connectivity index (χ1) is 9.29. The molecule has 0 saturated carbocycles. The molecule has 2 aromatic carbocycles. The van der Waals surface area contributed by atoms with Gasteiger partial charge in [-0.25, -0.2) is 4.39 Å². The molecule has 20 heavy (non-hydrogen) atoms. The topological polar surface area (TPSA) is 66.4 Å². The highest BCUT2D eigenvalue weighted by Crippen LogP contribution is 2.29. The number of hydrogen-bond acceptors (Lipinski definition) is 3. The number of benzene rings is 2. The van der Waals surface area contributed by atoms with Gasteiger partial charge in [0, 0.05) is 9.26 Å². The lowest BCUT2D eigenvalue weighted by molar-refractivity contribution is 0.482. The Kier molecular flexibility index (Phi) is 4.31. The quantitative estimate of drug-likeness (QED) is 0.601. The summed E-state index contributed by atoms with van der Waals surface area (Å²) < 4.78 is 46.6. The van der Waals surface area contributed by atoms with Gasteiger partial charge in [-0.2, -0.15) is 8.42 Å². The minimum atomic E-state index is -4.50. The van der Waals surface area contributed by atoms with Gasteiger partial charge < -0.3 is 5.32 Å². The van der Waals surface area contributed by atoms with E-state index in [0.29, 0.717) is 5.69 Å². The molecule has 0 amide bonds. The molecule has 106 valence electrons. The van der Waals surface area contributed by atoms with Crippen LogP contribution in [0.5, 0.6) is 0 Å². The van der Waals surface area contributed by atoms with Gasteiger partial charge in [-0.1, -0.05) is 6.07 Å². The van der Waals surface area contributed by atoms with E-state index in [1.807, 2.05) is 19.1 Å². The van der Waals surface area contributed by atoms with Gasteiger partial charge in [0.2, 0.25) is 0 Å². The molecular weight excluding hydrogens is 396 g/mol. The summed E-state index contributed by atoms with van der Waals surface area (Å²) in [6.07, 6.45) is 0. The molecule has 0 fully saturated rings. The lowest BCUT2D eigenvalue weighted by atomic mass is 10.2. The molecule has 0 aliphatic carbocycles. The van der Waals surface area contributed by atoms with Crippen molar-refractivity contribution in [3.8, 4) is 0 Å². The molecule has 0 radical (unpaired) electrons. The highest BCUT2D eigenvalue weighted by atomic mass is 127. The van der Waals surface area contributed by atoms with E-state index in [-0.39, 0.29) is 5.69 Å². The van der Waals surface area contributed by atoms with Crippen LogP contribution in [-0.4, -0.2) is 13.0 Å². The van der Waals surface area contributed by atoms with Crippen LogP contribution in [-0.2, 0) is 10.1 Å². The van der Waals surface area contributed by atoms with E-state index in [1.54, 1.807) is 6.07 Å². The SMILES string of the molecule is Cc1cc(I)ccc1Nc1c(F)cccc1S(=O)(=O)O. The Morgan fingerprint density at radius 3 is 2.55 bits per heavy atom. The van der Waals surface area contributed by atoms with E-state index in [9.17, 15) is 12.8 Å². The minimum absolute atomic E-state index is 0.265. The van der Waals surface area contributed by atoms with Crippen LogP contribution in [0.25, 0.3) is 0 Å². The number of hydrogen-bond donors (Lipinski definition) is 2. The fourth-order valence-corrected chi connectivity index (χ4v) is 3.05. The first-order valence-electron chi connectivity index (χ1n) is 5.58. The Bertz CT molecular complexity index is 762. The maximum Gasteiger partial charge on any atom is 0.296 e. The summed E-state index contributed by atoms with van der Waals surface area (Å²) in [6, 6.07) is 8.89. The molecule has 2 rings (SSSR count). The van der Waals surface area contributed by atoms with Crippen LogP contribution in [0.3, 0.4) is 0 Å². The number of rotatable bonds is 3. The summed E-state index contributed by atoms with van der Waals surface area (Å²) >= 11 is 2.14. The molecule has 0 atom stereocenters. The van der Waals surface area contributed by atoms with Crippen LogP contribution < -0.4 is 5.32 Å². The summed E-state index contributed by atoms with van der Waals surface area (Å²) in [4.78, 5) is -0.490. The molecule has 0 unspecified atom stereocenters. The first-order valence-corrected chi connectivity index (χ1v) is 8.10. The Morgan fingerprint density at radius 2 is 1.95 bits per heavy atom. The molecule has 2 aromatic rings. The van der Waals surface area contributed by atoms with Gasteiger partial charge in [0.15, 0.2) is 0 Å². The fraction of sp³-hybridized carbons (Fsp3) is 0.0769. The third-order valence-electron chi connectivity index (χ3n) is 2.70. The Labute approximate surface area is 129 Å². The largest absolute Gasteiger partial charge is 0.352 e. The van der Waals surface area contributed by atoms with Crippen LogP contribution in [0.2, 0.25) is 0 Å². The van der Waals surface area contributed by atoms with Gasteiger partial charge in [-0.05, 0) is 65.4 Å². The second-order valence-corrected chi connectivity index (χ2v) is 6.81. The van der Waals surface area contributed by atoms with E-state index in [4.69, 9.17) is 4.55 Å². The lowest BCUT2D eigenvalue weighted by Crippen LogP contribution is -2.06. The van der Waals surface area contributed by atoms with Crippen molar-refractivity contribution in [3.63, 3.8) is 0 Å².